The molecule has 0 saturated carbocycles. The molecule has 20 heavy (non-hydrogen) atoms. The summed E-state index contributed by atoms with van der Waals surface area (Å²) in [7, 11) is 1.36. The molecule has 2 aromatic carbocycles. The van der Waals surface area contributed by atoms with Gasteiger partial charge in [0.2, 0.25) is 0 Å². The molecule has 0 atom stereocenters. The van der Waals surface area contributed by atoms with Crippen molar-refractivity contribution >= 4 is 33.7 Å². The average Bonchev–Trinajstić information content (AvgIpc) is 2.45. The summed E-state index contributed by atoms with van der Waals surface area (Å²) in [4.78, 5) is 12.4. The van der Waals surface area contributed by atoms with Crippen LogP contribution < -0.4 is 0 Å². The Morgan fingerprint density at radius 2 is 2.10 bits per heavy atom. The molecule has 0 bridgehead atoms. The Morgan fingerprint density at radius 3 is 2.75 bits per heavy atom. The van der Waals surface area contributed by atoms with Crippen molar-refractivity contribution < 1.29 is 14.6 Å². The van der Waals surface area contributed by atoms with Crippen LogP contribution in [-0.4, -0.2) is 18.2 Å². The van der Waals surface area contributed by atoms with Crippen molar-refractivity contribution in [3.8, 4) is 5.75 Å². The lowest BCUT2D eigenvalue weighted by molar-refractivity contribution is 0.0600. The molecule has 0 spiro atoms. The maximum Gasteiger partial charge on any atom is 0.337 e. The molecule has 0 aliphatic heterocycles. The number of aromatic hydroxyl groups is 1. The fraction of sp³-hybridized carbons (Fsp3) is 0.133. The number of benzene rings is 2. The topological polar surface area (TPSA) is 46.5 Å². The standard InChI is InChI=1S/C15H13BrO3S/c1-19-15(18)10-5-6-11(14(16)7-10)9-20-13-4-2-3-12(17)8-13/h2-8,17H,9H2,1H3. The fourth-order valence-corrected chi connectivity index (χ4v) is 3.30. The van der Waals surface area contributed by atoms with Crippen molar-refractivity contribution in [2.45, 2.75) is 10.6 Å². The predicted octanol–water partition coefficient (Wildman–Crippen LogP) is 4.23. The third kappa shape index (κ3) is 3.77. The SMILES string of the molecule is COC(=O)c1ccc(CSc2cccc(O)c2)c(Br)c1. The number of phenolic OH excluding ortho intramolecular Hbond substituents is 1. The quantitative estimate of drug-likeness (QED) is 0.660. The van der Waals surface area contributed by atoms with Crippen molar-refractivity contribution in [2.24, 2.45) is 0 Å². The Balaban J connectivity index is 2.08. The maximum atomic E-state index is 11.4. The molecule has 0 saturated heterocycles. The van der Waals surface area contributed by atoms with Crippen LogP contribution in [0, 0.1) is 0 Å². The molecule has 2 aromatic rings. The highest BCUT2D eigenvalue weighted by Crippen LogP contribution is 2.29. The molecule has 0 amide bonds. The Labute approximate surface area is 130 Å². The maximum absolute atomic E-state index is 11.4. The van der Waals surface area contributed by atoms with Crippen LogP contribution in [0.1, 0.15) is 15.9 Å². The van der Waals surface area contributed by atoms with Gasteiger partial charge in [0.05, 0.1) is 12.7 Å². The number of methoxy groups -OCH3 is 1. The minimum absolute atomic E-state index is 0.259. The summed E-state index contributed by atoms with van der Waals surface area (Å²) in [6.07, 6.45) is 0. The first kappa shape index (κ1) is 14.9. The fourth-order valence-electron chi connectivity index (χ4n) is 1.64. The molecule has 3 nitrogen and oxygen atoms in total. The first-order valence-corrected chi connectivity index (χ1v) is 7.66. The lowest BCUT2D eigenvalue weighted by Crippen LogP contribution is -2.01. The molecule has 1 N–H and O–H groups in total. The van der Waals surface area contributed by atoms with Crippen molar-refractivity contribution in [2.75, 3.05) is 7.11 Å². The van der Waals surface area contributed by atoms with E-state index in [9.17, 15) is 9.90 Å². The summed E-state index contributed by atoms with van der Waals surface area (Å²) in [5.74, 6) is 0.652. The average molecular weight is 353 g/mol. The summed E-state index contributed by atoms with van der Waals surface area (Å²) in [5.41, 5.74) is 1.59. The van der Waals surface area contributed by atoms with Gasteiger partial charge in [0.15, 0.2) is 0 Å². The highest BCUT2D eigenvalue weighted by molar-refractivity contribution is 9.10. The number of phenols is 1. The lowest BCUT2D eigenvalue weighted by Gasteiger charge is -2.07. The number of rotatable bonds is 4. The number of hydrogen-bond acceptors (Lipinski definition) is 4. The molecule has 5 heteroatoms. The van der Waals surface area contributed by atoms with Gasteiger partial charge >= 0.3 is 5.97 Å². The summed E-state index contributed by atoms with van der Waals surface area (Å²) in [5, 5.41) is 9.42. The largest absolute Gasteiger partial charge is 0.508 e. The zero-order valence-corrected chi connectivity index (χ0v) is 13.2. The molecule has 0 fully saturated rings. The van der Waals surface area contributed by atoms with Crippen LogP contribution in [0.2, 0.25) is 0 Å². The van der Waals surface area contributed by atoms with Crippen LogP contribution in [0.4, 0.5) is 0 Å². The van der Waals surface area contributed by atoms with E-state index in [1.807, 2.05) is 18.2 Å². The van der Waals surface area contributed by atoms with Gasteiger partial charge in [-0.05, 0) is 35.9 Å². The summed E-state index contributed by atoms with van der Waals surface area (Å²) >= 11 is 5.08. The van der Waals surface area contributed by atoms with E-state index in [-0.39, 0.29) is 11.7 Å². The normalized spacial score (nSPS) is 10.3. The first-order valence-electron chi connectivity index (χ1n) is 5.88. The summed E-state index contributed by atoms with van der Waals surface area (Å²) < 4.78 is 5.55. The van der Waals surface area contributed by atoms with Crippen molar-refractivity contribution in [1.29, 1.82) is 0 Å². The molecular weight excluding hydrogens is 340 g/mol. The number of carbonyl (C=O) groups excluding carboxylic acids is 1. The predicted molar refractivity (Wildman–Crippen MR) is 83.1 cm³/mol. The zero-order chi connectivity index (χ0) is 14.5. The van der Waals surface area contributed by atoms with E-state index < -0.39 is 0 Å². The molecule has 0 aliphatic rings. The minimum atomic E-state index is -0.349. The molecule has 0 aromatic heterocycles. The van der Waals surface area contributed by atoms with Gasteiger partial charge in [0, 0.05) is 15.1 Å². The van der Waals surface area contributed by atoms with Crippen molar-refractivity contribution in [1.82, 2.24) is 0 Å². The number of carbonyl (C=O) groups is 1. The highest BCUT2D eigenvalue weighted by Gasteiger charge is 2.08. The third-order valence-corrected chi connectivity index (χ3v) is 4.47. The molecule has 104 valence electrons. The van der Waals surface area contributed by atoms with Crippen LogP contribution in [0.3, 0.4) is 0 Å². The Kier molecular flexibility index (Phi) is 5.09. The first-order chi connectivity index (χ1) is 9.60. The van der Waals surface area contributed by atoms with Crippen LogP contribution in [0.25, 0.3) is 0 Å². The van der Waals surface area contributed by atoms with E-state index in [0.29, 0.717) is 5.56 Å². The van der Waals surface area contributed by atoms with Gasteiger partial charge in [-0.3, -0.25) is 0 Å². The van der Waals surface area contributed by atoms with Crippen molar-refractivity contribution in [3.05, 3.63) is 58.1 Å². The van der Waals surface area contributed by atoms with E-state index in [0.717, 1.165) is 20.7 Å². The summed E-state index contributed by atoms with van der Waals surface area (Å²) in [6.45, 7) is 0. The highest BCUT2D eigenvalue weighted by atomic mass is 79.9. The minimum Gasteiger partial charge on any atom is -0.508 e. The Morgan fingerprint density at radius 1 is 1.30 bits per heavy atom. The number of esters is 1. The summed E-state index contributed by atoms with van der Waals surface area (Å²) in [6, 6.07) is 12.5. The molecule has 2 rings (SSSR count). The molecule has 0 radical (unpaired) electrons. The van der Waals surface area contributed by atoms with Crippen LogP contribution in [0.5, 0.6) is 5.75 Å². The van der Waals surface area contributed by atoms with E-state index in [1.165, 1.54) is 7.11 Å². The van der Waals surface area contributed by atoms with Gasteiger partial charge in [-0.2, -0.15) is 0 Å². The number of halogens is 1. The second kappa shape index (κ2) is 6.81. The Hall–Kier alpha value is -1.46. The van der Waals surface area contributed by atoms with E-state index in [2.05, 4.69) is 20.7 Å². The smallest absolute Gasteiger partial charge is 0.337 e. The van der Waals surface area contributed by atoms with E-state index in [1.54, 1.807) is 36.0 Å². The zero-order valence-electron chi connectivity index (χ0n) is 10.8. The number of ether oxygens (including phenoxy) is 1. The van der Waals surface area contributed by atoms with E-state index in [4.69, 9.17) is 0 Å². The molecular formula is C15H13BrO3S. The lowest BCUT2D eigenvalue weighted by atomic mass is 10.1. The van der Waals surface area contributed by atoms with Crippen LogP contribution in [0.15, 0.2) is 51.8 Å². The van der Waals surface area contributed by atoms with Gasteiger partial charge in [0.25, 0.3) is 0 Å². The van der Waals surface area contributed by atoms with Gasteiger partial charge in [-0.1, -0.05) is 28.1 Å². The van der Waals surface area contributed by atoms with Gasteiger partial charge in [-0.25, -0.2) is 4.79 Å². The van der Waals surface area contributed by atoms with Crippen molar-refractivity contribution in [3.63, 3.8) is 0 Å². The number of thioether (sulfide) groups is 1. The van der Waals surface area contributed by atoms with Crippen LogP contribution >= 0.6 is 27.7 Å². The van der Waals surface area contributed by atoms with Gasteiger partial charge < -0.3 is 9.84 Å². The van der Waals surface area contributed by atoms with Gasteiger partial charge in [0.1, 0.15) is 5.75 Å². The molecule has 0 heterocycles. The second-order valence-electron chi connectivity index (χ2n) is 4.08. The van der Waals surface area contributed by atoms with Crippen LogP contribution in [-0.2, 0) is 10.5 Å². The third-order valence-electron chi connectivity index (χ3n) is 2.69. The van der Waals surface area contributed by atoms with E-state index >= 15 is 0 Å². The molecule has 0 aliphatic carbocycles. The second-order valence-corrected chi connectivity index (χ2v) is 5.99. The Bertz CT molecular complexity index is 628. The monoisotopic (exact) mass is 352 g/mol. The van der Waals surface area contributed by atoms with Gasteiger partial charge in [-0.15, -0.1) is 11.8 Å². The number of hydrogen-bond donors (Lipinski definition) is 1. The molecule has 0 unspecified atom stereocenters.